The topological polar surface area (TPSA) is 90.5 Å². The standard InChI is InChI=1S/C18H23ClN4O3/c1-12(13-6-5-7-14(19)10-13)20-11-15(24)22-23-16(25)18(21-17(23)26)8-3-2-4-9-18/h5-7,10,12,20H,2-4,8-9,11H2,1H3,(H,21,26)(H,22,24)/t12-/m0/s1. The fourth-order valence-electron chi connectivity index (χ4n) is 3.52. The van der Waals surface area contributed by atoms with E-state index in [0.29, 0.717) is 17.9 Å². The molecule has 1 heterocycles. The van der Waals surface area contributed by atoms with E-state index >= 15 is 0 Å². The largest absolute Gasteiger partial charge is 0.344 e. The van der Waals surface area contributed by atoms with E-state index in [4.69, 9.17) is 11.6 Å². The average molecular weight is 379 g/mol. The van der Waals surface area contributed by atoms with E-state index in [2.05, 4.69) is 16.1 Å². The van der Waals surface area contributed by atoms with Crippen LogP contribution in [0.3, 0.4) is 0 Å². The predicted molar refractivity (Wildman–Crippen MR) is 97.2 cm³/mol. The van der Waals surface area contributed by atoms with Gasteiger partial charge in [0, 0.05) is 11.1 Å². The quantitative estimate of drug-likeness (QED) is 0.685. The Kier molecular flexibility index (Phi) is 5.48. The molecule has 4 amide bonds. The van der Waals surface area contributed by atoms with Crippen LogP contribution in [0, 0.1) is 0 Å². The van der Waals surface area contributed by atoms with Crippen molar-refractivity contribution in [3.63, 3.8) is 0 Å². The highest BCUT2D eigenvalue weighted by atomic mass is 35.5. The lowest BCUT2D eigenvalue weighted by atomic mass is 9.82. The SMILES string of the molecule is C[C@H](NCC(=O)NN1C(=O)NC2(CCCCC2)C1=O)c1cccc(Cl)c1. The molecule has 0 radical (unpaired) electrons. The van der Waals surface area contributed by atoms with Gasteiger partial charge in [0.2, 0.25) is 0 Å². The lowest BCUT2D eigenvalue weighted by Gasteiger charge is -2.30. The number of amides is 4. The first-order valence-electron chi connectivity index (χ1n) is 8.86. The molecule has 0 aromatic heterocycles. The van der Waals surface area contributed by atoms with Gasteiger partial charge in [0.25, 0.3) is 11.8 Å². The van der Waals surface area contributed by atoms with Gasteiger partial charge in [-0.2, -0.15) is 5.01 Å². The zero-order valence-corrected chi connectivity index (χ0v) is 15.4. The Hall–Kier alpha value is -2.12. The maximum atomic E-state index is 12.6. The number of imide groups is 1. The number of hydrogen-bond acceptors (Lipinski definition) is 4. The van der Waals surface area contributed by atoms with Crippen LogP contribution in [-0.2, 0) is 9.59 Å². The van der Waals surface area contributed by atoms with Gasteiger partial charge in [0.1, 0.15) is 5.54 Å². The smallest absolute Gasteiger partial charge is 0.322 e. The lowest BCUT2D eigenvalue weighted by Crippen LogP contribution is -2.52. The number of nitrogens with one attached hydrogen (secondary N) is 3. The van der Waals surface area contributed by atoms with Gasteiger partial charge in [-0.1, -0.05) is 43.0 Å². The van der Waals surface area contributed by atoms with Crippen LogP contribution >= 0.6 is 11.6 Å². The molecule has 3 rings (SSSR count). The lowest BCUT2D eigenvalue weighted by molar-refractivity contribution is -0.139. The summed E-state index contributed by atoms with van der Waals surface area (Å²) in [5.74, 6) is -0.811. The zero-order chi connectivity index (χ0) is 18.7. The number of carbonyl (C=O) groups is 3. The monoisotopic (exact) mass is 378 g/mol. The Labute approximate surface area is 157 Å². The first kappa shape index (κ1) is 18.7. The second-order valence-corrected chi connectivity index (χ2v) is 7.34. The molecule has 1 saturated carbocycles. The first-order chi connectivity index (χ1) is 12.4. The highest BCUT2D eigenvalue weighted by Crippen LogP contribution is 2.32. The van der Waals surface area contributed by atoms with Gasteiger partial charge in [-0.05, 0) is 37.5 Å². The van der Waals surface area contributed by atoms with E-state index in [1.165, 1.54) is 0 Å². The van der Waals surface area contributed by atoms with Crippen molar-refractivity contribution in [1.82, 2.24) is 21.1 Å². The summed E-state index contributed by atoms with van der Waals surface area (Å²) in [5, 5.41) is 7.26. The summed E-state index contributed by atoms with van der Waals surface area (Å²) in [7, 11) is 0. The first-order valence-corrected chi connectivity index (χ1v) is 9.24. The van der Waals surface area contributed by atoms with Crippen LogP contribution in [0.1, 0.15) is 50.6 Å². The number of benzene rings is 1. The molecular weight excluding hydrogens is 356 g/mol. The zero-order valence-electron chi connectivity index (χ0n) is 14.7. The van der Waals surface area contributed by atoms with Crippen LogP contribution in [-0.4, -0.2) is 34.9 Å². The van der Waals surface area contributed by atoms with Gasteiger partial charge in [0.15, 0.2) is 0 Å². The maximum absolute atomic E-state index is 12.6. The Morgan fingerprint density at radius 2 is 2.04 bits per heavy atom. The van der Waals surface area contributed by atoms with Crippen molar-refractivity contribution in [2.45, 2.75) is 50.6 Å². The van der Waals surface area contributed by atoms with Gasteiger partial charge < -0.3 is 10.6 Å². The number of urea groups is 1. The van der Waals surface area contributed by atoms with E-state index < -0.39 is 17.5 Å². The summed E-state index contributed by atoms with van der Waals surface area (Å²) in [4.78, 5) is 36.9. The molecule has 1 aromatic rings. The van der Waals surface area contributed by atoms with Crippen molar-refractivity contribution in [2.75, 3.05) is 6.54 Å². The molecule has 1 spiro atoms. The number of carbonyl (C=O) groups excluding carboxylic acids is 3. The summed E-state index contributed by atoms with van der Waals surface area (Å²) in [6.45, 7) is 1.88. The van der Waals surface area contributed by atoms with Crippen LogP contribution in [0.4, 0.5) is 4.79 Å². The number of hydrazine groups is 1. The van der Waals surface area contributed by atoms with Crippen LogP contribution in [0.2, 0.25) is 5.02 Å². The molecule has 3 N–H and O–H groups in total. The second-order valence-electron chi connectivity index (χ2n) is 6.91. The molecule has 2 aliphatic rings. The molecule has 0 bridgehead atoms. The number of halogens is 1. The van der Waals surface area contributed by atoms with Gasteiger partial charge in [-0.3, -0.25) is 15.0 Å². The van der Waals surface area contributed by atoms with Crippen molar-refractivity contribution in [1.29, 1.82) is 0 Å². The van der Waals surface area contributed by atoms with Crippen molar-refractivity contribution in [2.24, 2.45) is 0 Å². The average Bonchev–Trinajstić information content (AvgIpc) is 2.84. The highest BCUT2D eigenvalue weighted by molar-refractivity contribution is 6.30. The van der Waals surface area contributed by atoms with Crippen molar-refractivity contribution in [3.8, 4) is 0 Å². The Balaban J connectivity index is 1.54. The third-order valence-corrected chi connectivity index (χ3v) is 5.26. The van der Waals surface area contributed by atoms with Crippen LogP contribution in [0.5, 0.6) is 0 Å². The molecule has 0 unspecified atom stereocenters. The summed E-state index contributed by atoms with van der Waals surface area (Å²) in [5.41, 5.74) is 2.52. The molecular formula is C18H23ClN4O3. The minimum Gasteiger partial charge on any atom is -0.322 e. The number of nitrogens with zero attached hydrogens (tertiary/aromatic N) is 1. The van der Waals surface area contributed by atoms with Crippen LogP contribution in [0.15, 0.2) is 24.3 Å². The fraction of sp³-hybridized carbons (Fsp3) is 0.500. The van der Waals surface area contributed by atoms with Crippen molar-refractivity contribution in [3.05, 3.63) is 34.9 Å². The Morgan fingerprint density at radius 3 is 2.73 bits per heavy atom. The predicted octanol–water partition coefficient (Wildman–Crippen LogP) is 2.28. The summed E-state index contributed by atoms with van der Waals surface area (Å²) in [6.07, 6.45) is 4.09. The van der Waals surface area contributed by atoms with E-state index in [1.54, 1.807) is 6.07 Å². The molecule has 1 aliphatic carbocycles. The molecule has 1 atom stereocenters. The summed E-state index contributed by atoms with van der Waals surface area (Å²) < 4.78 is 0. The fourth-order valence-corrected chi connectivity index (χ4v) is 3.72. The summed E-state index contributed by atoms with van der Waals surface area (Å²) >= 11 is 5.97. The summed E-state index contributed by atoms with van der Waals surface area (Å²) in [6, 6.07) is 6.68. The van der Waals surface area contributed by atoms with Gasteiger partial charge in [0.05, 0.1) is 6.54 Å². The third-order valence-electron chi connectivity index (χ3n) is 5.02. The molecule has 1 saturated heterocycles. The van der Waals surface area contributed by atoms with Gasteiger partial charge in [-0.15, -0.1) is 0 Å². The van der Waals surface area contributed by atoms with Gasteiger partial charge in [-0.25, -0.2) is 4.79 Å². The molecule has 7 nitrogen and oxygen atoms in total. The third kappa shape index (κ3) is 3.83. The Bertz CT molecular complexity index is 718. The number of hydrogen-bond donors (Lipinski definition) is 3. The molecule has 1 aliphatic heterocycles. The molecule has 26 heavy (non-hydrogen) atoms. The van der Waals surface area contributed by atoms with Crippen LogP contribution in [0.25, 0.3) is 0 Å². The van der Waals surface area contributed by atoms with Crippen LogP contribution < -0.4 is 16.1 Å². The molecule has 2 fully saturated rings. The van der Waals surface area contributed by atoms with Crippen molar-refractivity contribution < 1.29 is 14.4 Å². The minimum atomic E-state index is -0.843. The number of rotatable bonds is 5. The molecule has 140 valence electrons. The maximum Gasteiger partial charge on any atom is 0.344 e. The van der Waals surface area contributed by atoms with Crippen molar-refractivity contribution >= 4 is 29.4 Å². The second kappa shape index (κ2) is 7.63. The van der Waals surface area contributed by atoms with Gasteiger partial charge >= 0.3 is 6.03 Å². The molecule has 1 aromatic carbocycles. The van der Waals surface area contributed by atoms with E-state index in [-0.39, 0.29) is 18.5 Å². The van der Waals surface area contributed by atoms with E-state index in [9.17, 15) is 14.4 Å². The Morgan fingerprint density at radius 1 is 1.31 bits per heavy atom. The highest BCUT2D eigenvalue weighted by Gasteiger charge is 2.52. The molecule has 8 heteroatoms. The minimum absolute atomic E-state index is 0.0300. The normalized spacial score (nSPS) is 20.2. The van der Waals surface area contributed by atoms with E-state index in [1.807, 2.05) is 25.1 Å². The van der Waals surface area contributed by atoms with E-state index in [0.717, 1.165) is 29.8 Å².